The van der Waals surface area contributed by atoms with Gasteiger partial charge in [0.1, 0.15) is 18.2 Å². The number of hydrogen-bond donors (Lipinski definition) is 0. The largest absolute Gasteiger partial charge is 0.492 e. The van der Waals surface area contributed by atoms with Crippen molar-refractivity contribution in [3.63, 3.8) is 0 Å². The fourth-order valence-electron chi connectivity index (χ4n) is 3.67. The lowest BCUT2D eigenvalue weighted by molar-refractivity contribution is 0.200. The fourth-order valence-corrected chi connectivity index (χ4v) is 3.67. The standard InChI is InChI=1S/C20H24N6O/c1-2-4-17(5-3-1)27-15-14-24-10-12-25(13-11-24)19-20-23-22-18(16-6-7-16)26(20)9-8-21-19/h1-5,8-9,16H,6-7,10-15H2. The molecule has 1 aromatic carbocycles. The molecule has 1 aliphatic heterocycles. The molecule has 2 aromatic heterocycles. The van der Waals surface area contributed by atoms with Gasteiger partial charge in [-0.15, -0.1) is 10.2 Å². The zero-order valence-electron chi connectivity index (χ0n) is 15.4. The normalized spacial score (nSPS) is 18.1. The van der Waals surface area contributed by atoms with Crippen molar-refractivity contribution in [1.29, 1.82) is 0 Å². The lowest BCUT2D eigenvalue weighted by atomic mass is 10.3. The number of piperazine rings is 1. The van der Waals surface area contributed by atoms with Gasteiger partial charge < -0.3 is 9.64 Å². The molecule has 0 N–H and O–H groups in total. The number of fused-ring (bicyclic) bond motifs is 1. The predicted molar refractivity (Wildman–Crippen MR) is 103 cm³/mol. The monoisotopic (exact) mass is 364 g/mol. The van der Waals surface area contributed by atoms with Gasteiger partial charge in [0, 0.05) is 51.0 Å². The molecule has 1 saturated carbocycles. The van der Waals surface area contributed by atoms with Crippen LogP contribution in [0.2, 0.25) is 0 Å². The summed E-state index contributed by atoms with van der Waals surface area (Å²) in [6.07, 6.45) is 6.31. The summed E-state index contributed by atoms with van der Waals surface area (Å²) in [5, 5.41) is 8.85. The van der Waals surface area contributed by atoms with E-state index in [0.717, 1.165) is 55.8 Å². The van der Waals surface area contributed by atoms with Gasteiger partial charge in [0.05, 0.1) is 0 Å². The first-order valence-electron chi connectivity index (χ1n) is 9.73. The number of nitrogens with zero attached hydrogens (tertiary/aromatic N) is 6. The van der Waals surface area contributed by atoms with E-state index in [1.54, 1.807) is 0 Å². The minimum Gasteiger partial charge on any atom is -0.492 e. The van der Waals surface area contributed by atoms with Crippen LogP contribution in [0.4, 0.5) is 5.82 Å². The molecular formula is C20H24N6O. The van der Waals surface area contributed by atoms with Crippen LogP contribution in [0.25, 0.3) is 5.65 Å². The van der Waals surface area contributed by atoms with Crippen molar-refractivity contribution in [1.82, 2.24) is 24.5 Å². The first-order chi connectivity index (χ1) is 13.4. The second-order valence-electron chi connectivity index (χ2n) is 7.27. The van der Waals surface area contributed by atoms with Crippen LogP contribution in [-0.4, -0.2) is 63.8 Å². The number of rotatable bonds is 6. The van der Waals surface area contributed by atoms with Gasteiger partial charge >= 0.3 is 0 Å². The maximum atomic E-state index is 5.82. The average molecular weight is 364 g/mol. The molecule has 1 saturated heterocycles. The van der Waals surface area contributed by atoms with E-state index in [1.165, 1.54) is 12.8 Å². The van der Waals surface area contributed by atoms with Gasteiger partial charge in [-0.1, -0.05) is 18.2 Å². The van der Waals surface area contributed by atoms with Gasteiger partial charge in [0.15, 0.2) is 5.82 Å². The van der Waals surface area contributed by atoms with Gasteiger partial charge in [0.2, 0.25) is 5.65 Å². The highest BCUT2D eigenvalue weighted by molar-refractivity contribution is 5.64. The van der Waals surface area contributed by atoms with E-state index in [2.05, 4.69) is 29.4 Å². The smallest absolute Gasteiger partial charge is 0.203 e. The molecule has 5 rings (SSSR count). The van der Waals surface area contributed by atoms with Crippen molar-refractivity contribution in [2.75, 3.05) is 44.2 Å². The van der Waals surface area contributed by atoms with Gasteiger partial charge in [-0.25, -0.2) is 4.98 Å². The van der Waals surface area contributed by atoms with Crippen LogP contribution < -0.4 is 9.64 Å². The zero-order chi connectivity index (χ0) is 18.1. The minimum atomic E-state index is 0.580. The maximum absolute atomic E-state index is 5.82. The van der Waals surface area contributed by atoms with Gasteiger partial charge in [0.25, 0.3) is 0 Å². The highest BCUT2D eigenvalue weighted by Crippen LogP contribution is 2.39. The molecular weight excluding hydrogens is 340 g/mol. The number of benzene rings is 1. The van der Waals surface area contributed by atoms with Crippen LogP contribution in [0.15, 0.2) is 42.7 Å². The van der Waals surface area contributed by atoms with E-state index in [-0.39, 0.29) is 0 Å². The molecule has 0 amide bonds. The Labute approximate surface area is 158 Å². The molecule has 0 bridgehead atoms. The second kappa shape index (κ2) is 7.15. The quantitative estimate of drug-likeness (QED) is 0.668. The summed E-state index contributed by atoms with van der Waals surface area (Å²) in [6.45, 7) is 5.56. The Kier molecular flexibility index (Phi) is 4.37. The van der Waals surface area contributed by atoms with Crippen LogP contribution >= 0.6 is 0 Å². The summed E-state index contributed by atoms with van der Waals surface area (Å²) in [5.74, 6) is 3.56. The Morgan fingerprint density at radius 1 is 1.00 bits per heavy atom. The third kappa shape index (κ3) is 3.47. The molecule has 7 nitrogen and oxygen atoms in total. The van der Waals surface area contributed by atoms with Crippen LogP contribution in [0.5, 0.6) is 5.75 Å². The number of aromatic nitrogens is 4. The topological polar surface area (TPSA) is 58.8 Å². The SMILES string of the molecule is c1ccc(OCCN2CCN(c3nccn4c(C5CC5)nnc34)CC2)cc1. The molecule has 0 spiro atoms. The van der Waals surface area contributed by atoms with Gasteiger partial charge in [-0.3, -0.25) is 9.30 Å². The van der Waals surface area contributed by atoms with Crippen molar-refractivity contribution < 1.29 is 4.74 Å². The number of para-hydroxylation sites is 1. The summed E-state index contributed by atoms with van der Waals surface area (Å²) >= 11 is 0. The predicted octanol–water partition coefficient (Wildman–Crippen LogP) is 2.20. The lowest BCUT2D eigenvalue weighted by Gasteiger charge is -2.35. The minimum absolute atomic E-state index is 0.580. The summed E-state index contributed by atoms with van der Waals surface area (Å²) < 4.78 is 7.94. The third-order valence-corrected chi connectivity index (χ3v) is 5.37. The van der Waals surface area contributed by atoms with E-state index in [0.29, 0.717) is 12.5 Å². The molecule has 1 aliphatic carbocycles. The van der Waals surface area contributed by atoms with E-state index in [4.69, 9.17) is 4.74 Å². The molecule has 7 heteroatoms. The van der Waals surface area contributed by atoms with Crippen LogP contribution in [0, 0.1) is 0 Å². The van der Waals surface area contributed by atoms with Crippen molar-refractivity contribution in [3.8, 4) is 5.75 Å². The first-order valence-corrected chi connectivity index (χ1v) is 9.73. The van der Waals surface area contributed by atoms with E-state index in [1.807, 2.05) is 42.7 Å². The van der Waals surface area contributed by atoms with E-state index in [9.17, 15) is 0 Å². The van der Waals surface area contributed by atoms with Crippen molar-refractivity contribution in [2.24, 2.45) is 0 Å². The molecule has 140 valence electrons. The Bertz CT molecular complexity index is 899. The van der Waals surface area contributed by atoms with Crippen LogP contribution in [0.3, 0.4) is 0 Å². The first kappa shape index (κ1) is 16.5. The molecule has 2 fully saturated rings. The average Bonchev–Trinajstić information content (AvgIpc) is 3.47. The fraction of sp³-hybridized carbons (Fsp3) is 0.450. The molecule has 3 heterocycles. The van der Waals surface area contributed by atoms with Crippen molar-refractivity contribution in [2.45, 2.75) is 18.8 Å². The molecule has 3 aromatic rings. The number of hydrogen-bond acceptors (Lipinski definition) is 6. The summed E-state index contributed by atoms with van der Waals surface area (Å²) in [4.78, 5) is 9.38. The Morgan fingerprint density at radius 3 is 2.59 bits per heavy atom. The van der Waals surface area contributed by atoms with Gasteiger partial charge in [-0.05, 0) is 25.0 Å². The molecule has 0 atom stereocenters. The highest BCUT2D eigenvalue weighted by Gasteiger charge is 2.30. The summed E-state index contributed by atoms with van der Waals surface area (Å²) in [7, 11) is 0. The lowest BCUT2D eigenvalue weighted by Crippen LogP contribution is -2.48. The summed E-state index contributed by atoms with van der Waals surface area (Å²) in [6, 6.07) is 10.0. The molecule has 2 aliphatic rings. The zero-order valence-corrected chi connectivity index (χ0v) is 15.4. The highest BCUT2D eigenvalue weighted by atomic mass is 16.5. The molecule has 0 radical (unpaired) electrons. The third-order valence-electron chi connectivity index (χ3n) is 5.37. The number of anilines is 1. The Hall–Kier alpha value is -2.67. The van der Waals surface area contributed by atoms with Crippen molar-refractivity contribution in [3.05, 3.63) is 48.5 Å². The van der Waals surface area contributed by atoms with Crippen molar-refractivity contribution >= 4 is 11.5 Å². The maximum Gasteiger partial charge on any atom is 0.203 e. The Morgan fingerprint density at radius 2 is 1.81 bits per heavy atom. The van der Waals surface area contributed by atoms with Gasteiger partial charge in [-0.2, -0.15) is 0 Å². The van der Waals surface area contributed by atoms with E-state index >= 15 is 0 Å². The van der Waals surface area contributed by atoms with Crippen LogP contribution in [-0.2, 0) is 0 Å². The molecule has 0 unspecified atom stereocenters. The Balaban J connectivity index is 1.19. The number of ether oxygens (including phenoxy) is 1. The van der Waals surface area contributed by atoms with E-state index < -0.39 is 0 Å². The second-order valence-corrected chi connectivity index (χ2v) is 7.27. The molecule has 27 heavy (non-hydrogen) atoms. The van der Waals surface area contributed by atoms with Crippen LogP contribution in [0.1, 0.15) is 24.6 Å². The summed E-state index contributed by atoms with van der Waals surface area (Å²) in [5.41, 5.74) is 0.889.